The third-order valence-corrected chi connectivity index (χ3v) is 10.5. The van der Waals surface area contributed by atoms with Crippen molar-refractivity contribution in [3.63, 3.8) is 0 Å². The van der Waals surface area contributed by atoms with Gasteiger partial charge in [-0.25, -0.2) is 13.2 Å². The minimum absolute atomic E-state index is 0.00168. The predicted octanol–water partition coefficient (Wildman–Crippen LogP) is 4.12. The van der Waals surface area contributed by atoms with Gasteiger partial charge in [-0.2, -0.15) is 4.31 Å². The van der Waals surface area contributed by atoms with E-state index in [0.717, 1.165) is 5.56 Å². The minimum Gasteiger partial charge on any atom is -0.408 e. The summed E-state index contributed by atoms with van der Waals surface area (Å²) in [5.41, 5.74) is 3.07. The van der Waals surface area contributed by atoms with Gasteiger partial charge < -0.3 is 9.32 Å². The molecular formula is C31H33ClN4O5S. The fraction of sp³-hybridized carbons (Fsp3) is 0.355. The van der Waals surface area contributed by atoms with Gasteiger partial charge in [0, 0.05) is 57.4 Å². The molecule has 1 aromatic heterocycles. The SMILES string of the molecule is Cn1c(=O)oc2cc(S(=O)(=O)N3CCC[C@H](C(=O)N4CCN([C@H](c5ccccc5)c5ccc(Cl)cc5)CC4)C3)ccc21. The fourth-order valence-electron chi connectivity index (χ4n) is 6.14. The zero-order valence-electron chi connectivity index (χ0n) is 23.4. The molecule has 0 bridgehead atoms. The molecule has 3 aromatic carbocycles. The molecule has 11 heteroatoms. The van der Waals surface area contributed by atoms with Crippen LogP contribution in [0.2, 0.25) is 5.02 Å². The first-order valence-corrected chi connectivity index (χ1v) is 16.0. The quantitative estimate of drug-likeness (QED) is 0.327. The summed E-state index contributed by atoms with van der Waals surface area (Å²) in [6.07, 6.45) is 1.25. The summed E-state index contributed by atoms with van der Waals surface area (Å²) in [5.74, 6) is -0.951. The van der Waals surface area contributed by atoms with Crippen LogP contribution in [-0.4, -0.2) is 72.3 Å². The number of piperidine rings is 1. The number of aromatic nitrogens is 1. The molecule has 3 heterocycles. The number of hydrogen-bond donors (Lipinski definition) is 0. The number of oxazole rings is 1. The van der Waals surface area contributed by atoms with E-state index < -0.39 is 21.7 Å². The lowest BCUT2D eigenvalue weighted by Crippen LogP contribution is -2.53. The average molecular weight is 609 g/mol. The molecule has 9 nitrogen and oxygen atoms in total. The highest BCUT2D eigenvalue weighted by molar-refractivity contribution is 7.89. The number of benzene rings is 3. The van der Waals surface area contributed by atoms with Gasteiger partial charge in [-0.3, -0.25) is 14.3 Å². The lowest BCUT2D eigenvalue weighted by molar-refractivity contribution is -0.138. The molecule has 0 radical (unpaired) electrons. The second-order valence-corrected chi connectivity index (χ2v) is 13.4. The number of piperazine rings is 1. The van der Waals surface area contributed by atoms with Crippen LogP contribution in [0.1, 0.15) is 30.0 Å². The third kappa shape index (κ3) is 5.51. The van der Waals surface area contributed by atoms with Crippen molar-refractivity contribution in [2.24, 2.45) is 13.0 Å². The van der Waals surface area contributed by atoms with E-state index in [0.29, 0.717) is 56.1 Å². The highest BCUT2D eigenvalue weighted by atomic mass is 35.5. The van der Waals surface area contributed by atoms with E-state index in [1.165, 1.54) is 26.6 Å². The molecule has 2 aliphatic heterocycles. The van der Waals surface area contributed by atoms with Crippen molar-refractivity contribution in [2.75, 3.05) is 39.3 Å². The van der Waals surface area contributed by atoms with Gasteiger partial charge in [0.2, 0.25) is 15.9 Å². The number of aryl methyl sites for hydroxylation is 1. The summed E-state index contributed by atoms with van der Waals surface area (Å²) in [7, 11) is -2.29. The van der Waals surface area contributed by atoms with E-state index >= 15 is 0 Å². The number of nitrogens with zero attached hydrogens (tertiary/aromatic N) is 4. The van der Waals surface area contributed by atoms with Crippen LogP contribution in [0.3, 0.4) is 0 Å². The maximum absolute atomic E-state index is 13.6. The van der Waals surface area contributed by atoms with Gasteiger partial charge in [-0.1, -0.05) is 54.1 Å². The Kier molecular flexibility index (Phi) is 7.97. The van der Waals surface area contributed by atoms with Gasteiger partial charge in [0.25, 0.3) is 0 Å². The molecule has 0 spiro atoms. The Bertz CT molecular complexity index is 1750. The molecule has 0 unspecified atom stereocenters. The Morgan fingerprint density at radius 2 is 1.62 bits per heavy atom. The summed E-state index contributed by atoms with van der Waals surface area (Å²) in [6, 6.07) is 22.7. The van der Waals surface area contributed by atoms with E-state index in [1.807, 2.05) is 35.2 Å². The molecule has 2 saturated heterocycles. The van der Waals surface area contributed by atoms with Gasteiger partial charge >= 0.3 is 5.76 Å². The summed E-state index contributed by atoms with van der Waals surface area (Å²) in [5, 5.41) is 0.691. The number of hydrogen-bond acceptors (Lipinski definition) is 6. The number of rotatable bonds is 6. The molecule has 0 saturated carbocycles. The summed E-state index contributed by atoms with van der Waals surface area (Å²) in [4.78, 5) is 29.8. The highest BCUT2D eigenvalue weighted by Crippen LogP contribution is 2.32. The van der Waals surface area contributed by atoms with Crippen molar-refractivity contribution >= 4 is 38.6 Å². The number of carbonyl (C=O) groups excluding carboxylic acids is 1. The minimum atomic E-state index is -3.86. The Hall–Kier alpha value is -3.44. The number of sulfonamides is 1. The van der Waals surface area contributed by atoms with Crippen molar-refractivity contribution in [1.29, 1.82) is 0 Å². The molecule has 2 fully saturated rings. The van der Waals surface area contributed by atoms with Crippen molar-refractivity contribution in [3.05, 3.63) is 99.5 Å². The van der Waals surface area contributed by atoms with Crippen molar-refractivity contribution in [2.45, 2.75) is 23.8 Å². The van der Waals surface area contributed by atoms with Crippen LogP contribution in [0.5, 0.6) is 0 Å². The first-order chi connectivity index (χ1) is 20.2. The topological polar surface area (TPSA) is 96.1 Å². The maximum Gasteiger partial charge on any atom is 0.419 e. The molecule has 2 atom stereocenters. The van der Waals surface area contributed by atoms with Crippen LogP contribution in [-0.2, 0) is 21.9 Å². The van der Waals surface area contributed by atoms with Crippen molar-refractivity contribution in [3.8, 4) is 0 Å². The Morgan fingerprint density at radius 1 is 0.929 bits per heavy atom. The summed E-state index contributed by atoms with van der Waals surface area (Å²) >= 11 is 6.16. The Balaban J connectivity index is 1.14. The van der Waals surface area contributed by atoms with Crippen LogP contribution in [0.15, 0.2) is 86.9 Å². The normalized spacial score (nSPS) is 19.7. The van der Waals surface area contributed by atoms with Gasteiger partial charge in [0.15, 0.2) is 5.58 Å². The van der Waals surface area contributed by atoms with E-state index in [1.54, 1.807) is 13.1 Å². The molecule has 220 valence electrons. The van der Waals surface area contributed by atoms with Gasteiger partial charge in [0.05, 0.1) is 22.4 Å². The lowest BCUT2D eigenvalue weighted by Gasteiger charge is -2.41. The lowest BCUT2D eigenvalue weighted by atomic mass is 9.95. The Labute approximate surface area is 249 Å². The third-order valence-electron chi connectivity index (χ3n) is 8.43. The highest BCUT2D eigenvalue weighted by Gasteiger charge is 2.37. The zero-order chi connectivity index (χ0) is 29.4. The van der Waals surface area contributed by atoms with Crippen LogP contribution in [0.4, 0.5) is 0 Å². The van der Waals surface area contributed by atoms with E-state index in [2.05, 4.69) is 29.2 Å². The number of halogens is 1. The van der Waals surface area contributed by atoms with Crippen molar-refractivity contribution in [1.82, 2.24) is 18.7 Å². The molecule has 42 heavy (non-hydrogen) atoms. The van der Waals surface area contributed by atoms with Gasteiger partial charge in [-0.05, 0) is 48.2 Å². The van der Waals surface area contributed by atoms with E-state index in [-0.39, 0.29) is 29.0 Å². The fourth-order valence-corrected chi connectivity index (χ4v) is 7.80. The largest absolute Gasteiger partial charge is 0.419 e. The number of amides is 1. The molecule has 6 rings (SSSR count). The molecule has 0 aliphatic carbocycles. The van der Waals surface area contributed by atoms with Crippen LogP contribution < -0.4 is 5.76 Å². The monoisotopic (exact) mass is 608 g/mol. The van der Waals surface area contributed by atoms with Crippen LogP contribution >= 0.6 is 11.6 Å². The van der Waals surface area contributed by atoms with E-state index in [9.17, 15) is 18.0 Å². The molecule has 4 aromatic rings. The number of carbonyl (C=O) groups is 1. The number of fused-ring (bicyclic) bond motifs is 1. The second-order valence-electron chi connectivity index (χ2n) is 11.0. The first-order valence-electron chi connectivity index (χ1n) is 14.2. The summed E-state index contributed by atoms with van der Waals surface area (Å²) in [6.45, 7) is 3.02. The van der Waals surface area contributed by atoms with Gasteiger partial charge in [0.1, 0.15) is 0 Å². The Morgan fingerprint density at radius 3 is 2.33 bits per heavy atom. The van der Waals surface area contributed by atoms with Crippen LogP contribution in [0.25, 0.3) is 11.1 Å². The van der Waals surface area contributed by atoms with Gasteiger partial charge in [-0.15, -0.1) is 0 Å². The average Bonchev–Trinajstić information content (AvgIpc) is 3.31. The second kappa shape index (κ2) is 11.7. The standard InChI is InChI=1S/C31H33ClN4O5S/c1-33-27-14-13-26(20-28(27)41-31(33)38)42(39,40)36-15-5-8-24(21-36)30(37)35-18-16-34(17-19-35)29(22-6-3-2-4-7-22)23-9-11-25(32)12-10-23/h2-4,6-7,9-14,20,24,29H,5,8,15-19,21H2,1H3/t24-,29+/m0/s1. The summed E-state index contributed by atoms with van der Waals surface area (Å²) < 4.78 is 35.0. The van der Waals surface area contributed by atoms with E-state index in [4.69, 9.17) is 16.0 Å². The smallest absolute Gasteiger partial charge is 0.408 e. The molecule has 2 aliphatic rings. The molecule has 0 N–H and O–H groups in total. The molecule has 1 amide bonds. The molecular weight excluding hydrogens is 576 g/mol. The van der Waals surface area contributed by atoms with Crippen LogP contribution in [0, 0.1) is 5.92 Å². The predicted molar refractivity (Wildman–Crippen MR) is 161 cm³/mol. The zero-order valence-corrected chi connectivity index (χ0v) is 24.9. The first kappa shape index (κ1) is 28.7. The van der Waals surface area contributed by atoms with Crippen molar-refractivity contribution < 1.29 is 17.6 Å². The maximum atomic E-state index is 13.6.